The first-order chi connectivity index (χ1) is 13.0. The Balaban J connectivity index is 2.12. The Hall–Kier alpha value is -2.46. The number of aromatic nitrogens is 2. The highest BCUT2D eigenvalue weighted by atomic mass is 16.1. The number of hydrogen-bond donors (Lipinski definition) is 1. The average Bonchev–Trinajstić information content (AvgIpc) is 2.67. The van der Waals surface area contributed by atoms with E-state index in [-0.39, 0.29) is 11.6 Å². The quantitative estimate of drug-likeness (QED) is 0.611. The van der Waals surface area contributed by atoms with Crippen LogP contribution in [0.1, 0.15) is 56.1 Å². The number of nitrogens with zero attached hydrogens (tertiary/aromatic N) is 2. The van der Waals surface area contributed by atoms with E-state index >= 15 is 0 Å². The van der Waals surface area contributed by atoms with Gasteiger partial charge in [-0.25, -0.2) is 4.98 Å². The summed E-state index contributed by atoms with van der Waals surface area (Å²) >= 11 is 0. The molecule has 4 nitrogen and oxygen atoms in total. The number of fused-ring (bicyclic) bond motifs is 1. The smallest absolute Gasteiger partial charge is 0.266 e. The van der Waals surface area contributed by atoms with Crippen LogP contribution < -0.4 is 10.9 Å². The van der Waals surface area contributed by atoms with E-state index in [1.807, 2.05) is 30.3 Å². The van der Waals surface area contributed by atoms with Crippen LogP contribution in [0, 0.1) is 13.8 Å². The molecule has 0 amide bonds. The first-order valence-electron chi connectivity index (χ1n) is 9.85. The molecule has 0 saturated carbocycles. The van der Waals surface area contributed by atoms with E-state index in [9.17, 15) is 4.79 Å². The van der Waals surface area contributed by atoms with Crippen molar-refractivity contribution in [2.75, 3.05) is 6.54 Å². The summed E-state index contributed by atoms with van der Waals surface area (Å²) in [6.45, 7) is 9.36. The molecule has 1 N–H and O–H groups in total. The molecule has 2 aromatic carbocycles. The summed E-state index contributed by atoms with van der Waals surface area (Å²) in [5, 5.41) is 4.19. The van der Waals surface area contributed by atoms with Gasteiger partial charge in [-0.3, -0.25) is 9.36 Å². The van der Waals surface area contributed by atoms with Crippen LogP contribution in [0.3, 0.4) is 0 Å². The number of nitrogens with one attached hydrogen (secondary N) is 1. The molecule has 4 heteroatoms. The van der Waals surface area contributed by atoms with E-state index < -0.39 is 0 Å². The Morgan fingerprint density at radius 1 is 1.07 bits per heavy atom. The van der Waals surface area contributed by atoms with E-state index in [4.69, 9.17) is 4.98 Å². The predicted octanol–water partition coefficient (Wildman–Crippen LogP) is 4.84. The van der Waals surface area contributed by atoms with Gasteiger partial charge in [-0.15, -0.1) is 0 Å². The zero-order chi connectivity index (χ0) is 19.4. The average molecular weight is 364 g/mol. The topological polar surface area (TPSA) is 46.9 Å². The maximum atomic E-state index is 13.3. The lowest BCUT2D eigenvalue weighted by Crippen LogP contribution is -2.30. The largest absolute Gasteiger partial charge is 0.308 e. The first-order valence-corrected chi connectivity index (χ1v) is 9.85. The predicted molar refractivity (Wildman–Crippen MR) is 113 cm³/mol. The summed E-state index contributed by atoms with van der Waals surface area (Å²) < 4.78 is 1.77. The molecule has 0 saturated heterocycles. The van der Waals surface area contributed by atoms with Gasteiger partial charge in [0.2, 0.25) is 0 Å². The van der Waals surface area contributed by atoms with Crippen molar-refractivity contribution in [2.24, 2.45) is 0 Å². The van der Waals surface area contributed by atoms with Crippen molar-refractivity contribution >= 4 is 10.9 Å². The summed E-state index contributed by atoms with van der Waals surface area (Å²) in [6.07, 6.45) is 3.52. The molecule has 0 aliphatic heterocycles. The van der Waals surface area contributed by atoms with E-state index in [0.717, 1.165) is 30.0 Å². The van der Waals surface area contributed by atoms with Gasteiger partial charge in [-0.2, -0.15) is 0 Å². The van der Waals surface area contributed by atoms with Gasteiger partial charge in [0, 0.05) is 0 Å². The Morgan fingerprint density at radius 2 is 1.85 bits per heavy atom. The van der Waals surface area contributed by atoms with Crippen molar-refractivity contribution in [3.8, 4) is 5.69 Å². The molecule has 3 rings (SSSR count). The second-order valence-corrected chi connectivity index (χ2v) is 7.28. The molecule has 0 aliphatic carbocycles. The molecule has 142 valence electrons. The molecule has 0 radical (unpaired) electrons. The second kappa shape index (κ2) is 8.49. The summed E-state index contributed by atoms with van der Waals surface area (Å²) in [4.78, 5) is 18.2. The van der Waals surface area contributed by atoms with Crippen LogP contribution >= 0.6 is 0 Å². The minimum Gasteiger partial charge on any atom is -0.308 e. The zero-order valence-corrected chi connectivity index (χ0v) is 16.7. The Bertz CT molecular complexity index is 991. The van der Waals surface area contributed by atoms with Crippen molar-refractivity contribution in [3.05, 3.63) is 69.8 Å². The standard InChI is InChI=1S/C23H29N3O/c1-5-6-9-14-24-18(4)22-25-21-11-8-7-10-20(21)23(27)26(22)19-13-12-16(2)17(3)15-19/h7-8,10-13,15,18,24H,5-6,9,14H2,1-4H3/t18-/m0/s1. The van der Waals surface area contributed by atoms with Gasteiger partial charge in [-0.1, -0.05) is 38.0 Å². The third-order valence-electron chi connectivity index (χ3n) is 5.17. The number of para-hydroxylation sites is 1. The molecule has 0 unspecified atom stereocenters. The van der Waals surface area contributed by atoms with Gasteiger partial charge >= 0.3 is 0 Å². The number of aryl methyl sites for hydroxylation is 2. The van der Waals surface area contributed by atoms with Crippen LogP contribution in [0.4, 0.5) is 0 Å². The van der Waals surface area contributed by atoms with E-state index in [1.165, 1.54) is 24.0 Å². The highest BCUT2D eigenvalue weighted by Gasteiger charge is 2.17. The van der Waals surface area contributed by atoms with Crippen LogP contribution in [-0.2, 0) is 0 Å². The molecule has 3 aromatic rings. The van der Waals surface area contributed by atoms with Crippen LogP contribution in [0.5, 0.6) is 0 Å². The normalized spacial score (nSPS) is 12.4. The zero-order valence-electron chi connectivity index (χ0n) is 16.7. The van der Waals surface area contributed by atoms with Crippen molar-refractivity contribution in [1.29, 1.82) is 0 Å². The van der Waals surface area contributed by atoms with Crippen molar-refractivity contribution in [2.45, 2.75) is 53.0 Å². The van der Waals surface area contributed by atoms with Gasteiger partial charge in [0.1, 0.15) is 5.82 Å². The third kappa shape index (κ3) is 4.11. The number of unbranched alkanes of at least 4 members (excludes halogenated alkanes) is 2. The Kier molecular flexibility index (Phi) is 6.07. The summed E-state index contributed by atoms with van der Waals surface area (Å²) in [5.74, 6) is 0.762. The monoisotopic (exact) mass is 363 g/mol. The molecule has 27 heavy (non-hydrogen) atoms. The maximum absolute atomic E-state index is 13.3. The van der Waals surface area contributed by atoms with Gasteiger partial charge in [0.25, 0.3) is 5.56 Å². The number of rotatable bonds is 7. The van der Waals surface area contributed by atoms with Crippen molar-refractivity contribution in [1.82, 2.24) is 14.9 Å². The molecule has 0 fully saturated rings. The minimum atomic E-state index is -0.0132. The third-order valence-corrected chi connectivity index (χ3v) is 5.17. The maximum Gasteiger partial charge on any atom is 0.266 e. The van der Waals surface area contributed by atoms with Crippen LogP contribution in [0.25, 0.3) is 16.6 Å². The molecule has 0 spiro atoms. The first kappa shape index (κ1) is 19.3. The molecular formula is C23H29N3O. The van der Waals surface area contributed by atoms with Crippen molar-refractivity contribution in [3.63, 3.8) is 0 Å². The van der Waals surface area contributed by atoms with Crippen LogP contribution in [0.2, 0.25) is 0 Å². The number of hydrogen-bond acceptors (Lipinski definition) is 3. The van der Waals surface area contributed by atoms with Crippen LogP contribution in [0.15, 0.2) is 47.3 Å². The van der Waals surface area contributed by atoms with Gasteiger partial charge in [0.05, 0.1) is 22.6 Å². The lowest BCUT2D eigenvalue weighted by Gasteiger charge is -2.20. The second-order valence-electron chi connectivity index (χ2n) is 7.28. The summed E-state index contributed by atoms with van der Waals surface area (Å²) in [7, 11) is 0. The highest BCUT2D eigenvalue weighted by Crippen LogP contribution is 2.20. The van der Waals surface area contributed by atoms with E-state index in [1.54, 1.807) is 4.57 Å². The summed E-state index contributed by atoms with van der Waals surface area (Å²) in [5.41, 5.74) is 3.99. The van der Waals surface area contributed by atoms with Gasteiger partial charge in [-0.05, 0) is 69.1 Å². The molecule has 0 bridgehead atoms. The van der Waals surface area contributed by atoms with E-state index in [2.05, 4.69) is 45.1 Å². The fourth-order valence-electron chi connectivity index (χ4n) is 3.34. The lowest BCUT2D eigenvalue weighted by molar-refractivity contribution is 0.513. The van der Waals surface area contributed by atoms with Crippen molar-refractivity contribution < 1.29 is 0 Å². The summed E-state index contributed by atoms with van der Waals surface area (Å²) in [6, 6.07) is 13.7. The molecular weight excluding hydrogens is 334 g/mol. The SMILES string of the molecule is CCCCCN[C@@H](C)c1nc2ccccc2c(=O)n1-c1ccc(C)c(C)c1. The Labute approximate surface area is 161 Å². The van der Waals surface area contributed by atoms with Gasteiger partial charge < -0.3 is 5.32 Å². The molecule has 1 heterocycles. The number of benzene rings is 2. The Morgan fingerprint density at radius 3 is 2.59 bits per heavy atom. The fraction of sp³-hybridized carbons (Fsp3) is 0.391. The van der Waals surface area contributed by atoms with Crippen LogP contribution in [-0.4, -0.2) is 16.1 Å². The molecule has 1 atom stereocenters. The van der Waals surface area contributed by atoms with E-state index in [0.29, 0.717) is 5.39 Å². The molecule has 1 aromatic heterocycles. The fourth-order valence-corrected chi connectivity index (χ4v) is 3.34. The minimum absolute atomic E-state index is 0.0129. The highest BCUT2D eigenvalue weighted by molar-refractivity contribution is 5.77. The lowest BCUT2D eigenvalue weighted by atomic mass is 10.1. The molecule has 0 aliphatic rings. The van der Waals surface area contributed by atoms with Gasteiger partial charge in [0.15, 0.2) is 0 Å².